The number of ether oxygens (including phenoxy) is 2. The Balaban J connectivity index is 1.80. The van der Waals surface area contributed by atoms with Gasteiger partial charge in [0.05, 0.1) is 17.9 Å². The zero-order valence-corrected chi connectivity index (χ0v) is 13.8. The van der Waals surface area contributed by atoms with Gasteiger partial charge in [0.15, 0.2) is 0 Å². The second-order valence-electron chi connectivity index (χ2n) is 6.16. The molecular formula is C16H19NO5S. The molecule has 6 nitrogen and oxygen atoms in total. The third kappa shape index (κ3) is 2.42. The fraction of sp³-hybridized carbons (Fsp3) is 0.562. The number of nitrogens with zero attached hydrogens (tertiary/aromatic N) is 1. The summed E-state index contributed by atoms with van der Waals surface area (Å²) in [6, 6.07) is 0. The Bertz CT molecular complexity index is 616. The first-order valence-electron chi connectivity index (χ1n) is 7.57. The van der Waals surface area contributed by atoms with Crippen LogP contribution in [-0.2, 0) is 23.9 Å². The molecule has 2 fully saturated rings. The minimum atomic E-state index is -1.04. The van der Waals surface area contributed by atoms with E-state index in [0.29, 0.717) is 18.7 Å². The molecule has 0 aliphatic carbocycles. The van der Waals surface area contributed by atoms with Crippen LogP contribution in [0.3, 0.4) is 0 Å². The van der Waals surface area contributed by atoms with Gasteiger partial charge in [-0.3, -0.25) is 14.5 Å². The van der Waals surface area contributed by atoms with Gasteiger partial charge in [0.2, 0.25) is 11.8 Å². The molecule has 0 N–H and O–H groups in total. The third-order valence-electron chi connectivity index (χ3n) is 4.56. The van der Waals surface area contributed by atoms with Gasteiger partial charge < -0.3 is 9.47 Å². The van der Waals surface area contributed by atoms with E-state index in [1.807, 2.05) is 0 Å². The van der Waals surface area contributed by atoms with E-state index in [9.17, 15) is 14.4 Å². The molecule has 23 heavy (non-hydrogen) atoms. The minimum Gasteiger partial charge on any atom is -0.459 e. The minimum absolute atomic E-state index is 0.0910. The summed E-state index contributed by atoms with van der Waals surface area (Å²) < 4.78 is 11.1. The van der Waals surface area contributed by atoms with E-state index in [4.69, 9.17) is 9.47 Å². The van der Waals surface area contributed by atoms with Gasteiger partial charge in [-0.15, -0.1) is 0 Å². The molecule has 3 aliphatic rings. The Hall–Kier alpha value is -1.60. The first kappa shape index (κ1) is 16.3. The number of imide groups is 1. The molecule has 2 bridgehead atoms. The number of likely N-dealkylation sites (tertiary alicyclic amines) is 1. The van der Waals surface area contributed by atoms with Gasteiger partial charge in [0.25, 0.3) is 0 Å². The lowest BCUT2D eigenvalue weighted by Gasteiger charge is -2.28. The van der Waals surface area contributed by atoms with Gasteiger partial charge in [-0.25, -0.2) is 4.79 Å². The number of fused-ring (bicyclic) bond motifs is 5. The first-order valence-corrected chi connectivity index (χ1v) is 8.20. The average Bonchev–Trinajstić information content (AvgIpc) is 3.15. The van der Waals surface area contributed by atoms with Gasteiger partial charge in [-0.05, 0) is 25.2 Å². The van der Waals surface area contributed by atoms with Crippen molar-refractivity contribution in [1.82, 2.24) is 4.90 Å². The van der Waals surface area contributed by atoms with Crippen LogP contribution >= 0.6 is 12.6 Å². The maximum atomic E-state index is 12.7. The topological polar surface area (TPSA) is 72.9 Å². The number of thiol groups is 1. The number of hydrogen-bond donors (Lipinski definition) is 1. The molecule has 3 heterocycles. The van der Waals surface area contributed by atoms with Crippen molar-refractivity contribution in [3.63, 3.8) is 0 Å². The van der Waals surface area contributed by atoms with Crippen LogP contribution in [0.5, 0.6) is 0 Å². The molecular weight excluding hydrogens is 318 g/mol. The lowest BCUT2D eigenvalue weighted by Crippen LogP contribution is -2.44. The van der Waals surface area contributed by atoms with E-state index in [2.05, 4.69) is 19.2 Å². The summed E-state index contributed by atoms with van der Waals surface area (Å²) in [6.07, 6.45) is 3.75. The van der Waals surface area contributed by atoms with Gasteiger partial charge >= 0.3 is 5.97 Å². The lowest BCUT2D eigenvalue weighted by atomic mass is 9.77. The predicted octanol–water partition coefficient (Wildman–Crippen LogP) is 0.734. The number of esters is 1. The molecule has 0 saturated carbocycles. The van der Waals surface area contributed by atoms with Gasteiger partial charge in [0.1, 0.15) is 12.2 Å². The molecule has 124 valence electrons. The van der Waals surface area contributed by atoms with Crippen LogP contribution in [0.15, 0.2) is 24.3 Å². The van der Waals surface area contributed by atoms with Gasteiger partial charge in [0, 0.05) is 12.1 Å². The van der Waals surface area contributed by atoms with E-state index in [-0.39, 0.29) is 24.0 Å². The van der Waals surface area contributed by atoms with Crippen LogP contribution in [0, 0.1) is 11.8 Å². The van der Waals surface area contributed by atoms with Crippen LogP contribution in [0.2, 0.25) is 0 Å². The molecule has 0 spiro atoms. The number of hydrogen-bond acceptors (Lipinski definition) is 6. The molecule has 0 radical (unpaired) electrons. The van der Waals surface area contributed by atoms with Crippen molar-refractivity contribution in [2.24, 2.45) is 11.8 Å². The average molecular weight is 337 g/mol. The molecule has 0 aromatic carbocycles. The normalized spacial score (nSPS) is 34.2. The highest BCUT2D eigenvalue weighted by molar-refractivity contribution is 7.80. The van der Waals surface area contributed by atoms with E-state index < -0.39 is 29.5 Å². The van der Waals surface area contributed by atoms with Crippen molar-refractivity contribution < 1.29 is 23.9 Å². The van der Waals surface area contributed by atoms with Crippen molar-refractivity contribution in [2.45, 2.75) is 25.0 Å². The SMILES string of the molecule is C=C(C)C(=O)OCC12C=CC(O1)C1C(=O)N(CCCS)C(=O)C12. The van der Waals surface area contributed by atoms with Crippen molar-refractivity contribution >= 4 is 30.4 Å². The Morgan fingerprint density at radius 1 is 1.48 bits per heavy atom. The maximum Gasteiger partial charge on any atom is 0.333 e. The molecule has 4 unspecified atom stereocenters. The summed E-state index contributed by atoms with van der Waals surface area (Å²) >= 11 is 4.12. The number of amides is 2. The monoisotopic (exact) mass is 337 g/mol. The zero-order valence-electron chi connectivity index (χ0n) is 12.9. The van der Waals surface area contributed by atoms with E-state index in [1.165, 1.54) is 4.90 Å². The predicted molar refractivity (Wildman–Crippen MR) is 84.7 cm³/mol. The van der Waals surface area contributed by atoms with E-state index >= 15 is 0 Å². The molecule has 3 aliphatic heterocycles. The summed E-state index contributed by atoms with van der Waals surface area (Å²) in [4.78, 5) is 38.1. The fourth-order valence-corrected chi connectivity index (χ4v) is 3.62. The van der Waals surface area contributed by atoms with Crippen LogP contribution in [-0.4, -0.2) is 53.3 Å². The highest BCUT2D eigenvalue weighted by Gasteiger charge is 2.67. The molecule has 0 aromatic rings. The summed E-state index contributed by atoms with van der Waals surface area (Å²) in [6.45, 7) is 5.35. The van der Waals surface area contributed by atoms with Crippen molar-refractivity contribution in [2.75, 3.05) is 18.9 Å². The van der Waals surface area contributed by atoms with Gasteiger partial charge in [-0.2, -0.15) is 12.6 Å². The maximum absolute atomic E-state index is 12.7. The summed E-state index contributed by atoms with van der Waals surface area (Å²) in [7, 11) is 0. The smallest absolute Gasteiger partial charge is 0.333 e. The molecule has 2 amide bonds. The fourth-order valence-electron chi connectivity index (χ4n) is 3.48. The third-order valence-corrected chi connectivity index (χ3v) is 4.88. The molecule has 4 atom stereocenters. The summed E-state index contributed by atoms with van der Waals surface area (Å²) in [5.74, 6) is -1.53. The summed E-state index contributed by atoms with van der Waals surface area (Å²) in [5.41, 5.74) is -0.762. The number of carbonyl (C=O) groups is 3. The van der Waals surface area contributed by atoms with Crippen molar-refractivity contribution in [3.05, 3.63) is 24.3 Å². The number of carbonyl (C=O) groups excluding carboxylic acids is 3. The molecule has 0 aromatic heterocycles. The van der Waals surface area contributed by atoms with E-state index in [0.717, 1.165) is 0 Å². The van der Waals surface area contributed by atoms with Crippen molar-refractivity contribution in [3.8, 4) is 0 Å². The van der Waals surface area contributed by atoms with E-state index in [1.54, 1.807) is 19.1 Å². The number of rotatable bonds is 6. The zero-order chi connectivity index (χ0) is 16.8. The van der Waals surface area contributed by atoms with Crippen LogP contribution in [0.1, 0.15) is 13.3 Å². The largest absolute Gasteiger partial charge is 0.459 e. The Kier molecular flexibility index (Phi) is 4.10. The Labute approximate surface area is 139 Å². The van der Waals surface area contributed by atoms with Gasteiger partial charge in [-0.1, -0.05) is 12.7 Å². The molecule has 3 rings (SSSR count). The Morgan fingerprint density at radius 2 is 2.22 bits per heavy atom. The van der Waals surface area contributed by atoms with Crippen molar-refractivity contribution in [1.29, 1.82) is 0 Å². The van der Waals surface area contributed by atoms with Crippen LogP contribution in [0.25, 0.3) is 0 Å². The lowest BCUT2D eigenvalue weighted by molar-refractivity contribution is -0.153. The second-order valence-corrected chi connectivity index (χ2v) is 6.61. The highest BCUT2D eigenvalue weighted by Crippen LogP contribution is 2.51. The quantitative estimate of drug-likeness (QED) is 0.254. The Morgan fingerprint density at radius 3 is 2.87 bits per heavy atom. The first-order chi connectivity index (χ1) is 10.9. The second kappa shape index (κ2) is 5.79. The van der Waals surface area contributed by atoms with Crippen LogP contribution < -0.4 is 0 Å². The molecule has 7 heteroatoms. The summed E-state index contributed by atoms with van der Waals surface area (Å²) in [5, 5.41) is 0. The van der Waals surface area contributed by atoms with Crippen LogP contribution in [0.4, 0.5) is 0 Å². The standard InChI is InChI=1S/C16H19NO5S/c1-9(2)15(20)21-8-16-5-4-10(22-16)11-12(16)14(19)17(13(11)18)6-3-7-23/h4-5,10-12,23H,1,3,6-8H2,2H3. The highest BCUT2D eigenvalue weighted by atomic mass is 32.1. The molecule has 2 saturated heterocycles.